The number of carbonyl (C=O) groups is 1. The summed E-state index contributed by atoms with van der Waals surface area (Å²) in [6.45, 7) is 2.91. The predicted molar refractivity (Wildman–Crippen MR) is 63.7 cm³/mol. The topological polar surface area (TPSA) is 40.5 Å². The van der Waals surface area contributed by atoms with Crippen LogP contribution < -0.4 is 0 Å². The third-order valence-electron chi connectivity index (χ3n) is 2.44. The molecule has 0 spiro atoms. The zero-order valence-electron chi connectivity index (χ0n) is 9.24. The lowest BCUT2D eigenvalue weighted by Crippen LogP contribution is -2.31. The first-order valence-electron chi connectivity index (χ1n) is 5.47. The number of aliphatic hydroxyl groups is 1. The van der Waals surface area contributed by atoms with Crippen LogP contribution in [0.1, 0.15) is 26.2 Å². The second-order valence-corrected chi connectivity index (χ2v) is 4.61. The Morgan fingerprint density at radius 1 is 1.67 bits per heavy atom. The molecule has 0 bridgehead atoms. The van der Waals surface area contributed by atoms with E-state index in [1.165, 1.54) is 23.9 Å². The number of rotatable bonds is 6. The number of aliphatic hydroxyl groups excluding tert-OH is 1. The van der Waals surface area contributed by atoms with Crippen LogP contribution in [0.5, 0.6) is 0 Å². The molecule has 1 aliphatic rings. The van der Waals surface area contributed by atoms with Crippen molar-refractivity contribution in [3.05, 3.63) is 11.8 Å². The molecule has 0 heterocycles. The molecule has 0 fully saturated rings. The zero-order chi connectivity index (χ0) is 11.1. The highest BCUT2D eigenvalue weighted by Gasteiger charge is 2.17. The van der Waals surface area contributed by atoms with Crippen molar-refractivity contribution in [3.63, 3.8) is 0 Å². The third-order valence-corrected chi connectivity index (χ3v) is 3.36. The van der Waals surface area contributed by atoms with E-state index in [0.29, 0.717) is 11.5 Å². The van der Waals surface area contributed by atoms with Crippen LogP contribution in [-0.2, 0) is 4.79 Å². The summed E-state index contributed by atoms with van der Waals surface area (Å²) < 4.78 is 0. The van der Waals surface area contributed by atoms with Crippen molar-refractivity contribution >= 4 is 17.7 Å². The first-order chi connectivity index (χ1) is 7.29. The molecule has 0 aromatic heterocycles. The Labute approximate surface area is 95.5 Å². The van der Waals surface area contributed by atoms with E-state index in [9.17, 15) is 4.79 Å². The summed E-state index contributed by atoms with van der Waals surface area (Å²) in [6, 6.07) is 0. The maximum absolute atomic E-state index is 11.8. The van der Waals surface area contributed by atoms with Crippen molar-refractivity contribution in [2.45, 2.75) is 26.2 Å². The molecule has 15 heavy (non-hydrogen) atoms. The molecular weight excluding hydrogens is 210 g/mol. The number of nitrogens with zero attached hydrogens (tertiary/aromatic N) is 1. The lowest BCUT2D eigenvalue weighted by atomic mass is 10.3. The van der Waals surface area contributed by atoms with Crippen LogP contribution in [0.25, 0.3) is 0 Å². The standard InChI is InChI=1S/C11H19NO2S/c1-2-12(10-5-3-4-6-10)11(14)9-15-8-7-13/h5,13H,2-4,6-9H2,1H3. The molecule has 0 aliphatic heterocycles. The molecule has 0 atom stereocenters. The second-order valence-electron chi connectivity index (χ2n) is 3.50. The normalized spacial score (nSPS) is 15.2. The summed E-state index contributed by atoms with van der Waals surface area (Å²) in [7, 11) is 0. The molecule has 0 radical (unpaired) electrons. The van der Waals surface area contributed by atoms with Crippen LogP contribution in [-0.4, -0.2) is 40.6 Å². The zero-order valence-corrected chi connectivity index (χ0v) is 10.1. The molecule has 1 amide bonds. The highest BCUT2D eigenvalue weighted by atomic mass is 32.2. The van der Waals surface area contributed by atoms with Crippen LogP contribution in [0.15, 0.2) is 11.8 Å². The summed E-state index contributed by atoms with van der Waals surface area (Å²) >= 11 is 1.50. The van der Waals surface area contributed by atoms with Gasteiger partial charge in [-0.3, -0.25) is 4.79 Å². The summed E-state index contributed by atoms with van der Waals surface area (Å²) in [6.07, 6.45) is 5.47. The van der Waals surface area contributed by atoms with Gasteiger partial charge in [0, 0.05) is 18.0 Å². The maximum atomic E-state index is 11.8. The SMILES string of the molecule is CCN(C(=O)CSCCO)C1=CCCC1. The first-order valence-corrected chi connectivity index (χ1v) is 6.63. The Morgan fingerprint density at radius 2 is 2.47 bits per heavy atom. The van der Waals surface area contributed by atoms with Gasteiger partial charge in [-0.2, -0.15) is 0 Å². The summed E-state index contributed by atoms with van der Waals surface area (Å²) in [4.78, 5) is 13.7. The number of allylic oxidation sites excluding steroid dienone is 2. The van der Waals surface area contributed by atoms with E-state index in [0.717, 1.165) is 19.4 Å². The summed E-state index contributed by atoms with van der Waals surface area (Å²) in [5.74, 6) is 1.29. The molecule has 0 saturated heterocycles. The van der Waals surface area contributed by atoms with Crippen LogP contribution >= 0.6 is 11.8 Å². The maximum Gasteiger partial charge on any atom is 0.236 e. The molecule has 1 rings (SSSR count). The number of thioether (sulfide) groups is 1. The van der Waals surface area contributed by atoms with Gasteiger partial charge >= 0.3 is 0 Å². The third kappa shape index (κ3) is 3.87. The van der Waals surface area contributed by atoms with Gasteiger partial charge in [0.2, 0.25) is 5.91 Å². The number of carbonyl (C=O) groups excluding carboxylic acids is 1. The van der Waals surface area contributed by atoms with Crippen LogP contribution in [0.4, 0.5) is 0 Å². The van der Waals surface area contributed by atoms with Crippen molar-refractivity contribution in [2.75, 3.05) is 24.7 Å². The van der Waals surface area contributed by atoms with E-state index in [-0.39, 0.29) is 12.5 Å². The number of amides is 1. The van der Waals surface area contributed by atoms with E-state index in [4.69, 9.17) is 5.11 Å². The Morgan fingerprint density at radius 3 is 3.00 bits per heavy atom. The van der Waals surface area contributed by atoms with Crippen molar-refractivity contribution in [3.8, 4) is 0 Å². The molecule has 86 valence electrons. The van der Waals surface area contributed by atoms with Crippen molar-refractivity contribution < 1.29 is 9.90 Å². The van der Waals surface area contributed by atoms with Gasteiger partial charge in [-0.05, 0) is 26.2 Å². The minimum Gasteiger partial charge on any atom is -0.396 e. The lowest BCUT2D eigenvalue weighted by Gasteiger charge is -2.22. The second kappa shape index (κ2) is 6.90. The summed E-state index contributed by atoms with van der Waals surface area (Å²) in [5.41, 5.74) is 1.19. The van der Waals surface area contributed by atoms with Gasteiger partial charge in [0.1, 0.15) is 0 Å². The smallest absolute Gasteiger partial charge is 0.236 e. The van der Waals surface area contributed by atoms with Crippen molar-refractivity contribution in [2.24, 2.45) is 0 Å². The Bertz CT molecular complexity index is 241. The van der Waals surface area contributed by atoms with Gasteiger partial charge < -0.3 is 10.0 Å². The molecular formula is C11H19NO2S. The number of hydrogen-bond acceptors (Lipinski definition) is 3. The average molecular weight is 229 g/mol. The summed E-state index contributed by atoms with van der Waals surface area (Å²) in [5, 5.41) is 8.63. The van der Waals surface area contributed by atoms with E-state index < -0.39 is 0 Å². The fraction of sp³-hybridized carbons (Fsp3) is 0.727. The fourth-order valence-corrected chi connectivity index (χ4v) is 2.34. The van der Waals surface area contributed by atoms with Gasteiger partial charge in [0.05, 0.1) is 12.4 Å². The first kappa shape index (κ1) is 12.6. The Hall–Kier alpha value is -0.480. The quantitative estimate of drug-likeness (QED) is 0.704. The van der Waals surface area contributed by atoms with E-state index in [1.54, 1.807) is 0 Å². The van der Waals surface area contributed by atoms with E-state index in [1.807, 2.05) is 11.8 Å². The minimum atomic E-state index is 0.146. The fourth-order valence-electron chi connectivity index (χ4n) is 1.74. The molecule has 0 aromatic carbocycles. The highest BCUT2D eigenvalue weighted by molar-refractivity contribution is 7.99. The number of hydrogen-bond donors (Lipinski definition) is 1. The molecule has 0 unspecified atom stereocenters. The van der Waals surface area contributed by atoms with Gasteiger partial charge in [-0.15, -0.1) is 11.8 Å². The molecule has 4 heteroatoms. The van der Waals surface area contributed by atoms with Crippen LogP contribution in [0, 0.1) is 0 Å². The van der Waals surface area contributed by atoms with E-state index >= 15 is 0 Å². The molecule has 3 nitrogen and oxygen atoms in total. The van der Waals surface area contributed by atoms with Gasteiger partial charge in [-0.25, -0.2) is 0 Å². The molecule has 0 saturated carbocycles. The largest absolute Gasteiger partial charge is 0.396 e. The predicted octanol–water partition coefficient (Wildman–Crippen LogP) is 1.63. The molecule has 0 aromatic rings. The van der Waals surface area contributed by atoms with Gasteiger partial charge in [0.25, 0.3) is 0 Å². The van der Waals surface area contributed by atoms with E-state index in [2.05, 4.69) is 6.08 Å². The monoisotopic (exact) mass is 229 g/mol. The average Bonchev–Trinajstić information content (AvgIpc) is 2.73. The molecule has 1 aliphatic carbocycles. The lowest BCUT2D eigenvalue weighted by molar-refractivity contribution is -0.126. The van der Waals surface area contributed by atoms with Crippen LogP contribution in [0.3, 0.4) is 0 Å². The van der Waals surface area contributed by atoms with Gasteiger partial charge in [0.15, 0.2) is 0 Å². The minimum absolute atomic E-state index is 0.146. The Balaban J connectivity index is 2.39. The Kier molecular flexibility index (Phi) is 5.79. The molecule has 1 N–H and O–H groups in total. The van der Waals surface area contributed by atoms with Crippen LogP contribution in [0.2, 0.25) is 0 Å². The highest BCUT2D eigenvalue weighted by Crippen LogP contribution is 2.22. The van der Waals surface area contributed by atoms with Gasteiger partial charge in [-0.1, -0.05) is 6.08 Å². The van der Waals surface area contributed by atoms with Crippen molar-refractivity contribution in [1.29, 1.82) is 0 Å². The van der Waals surface area contributed by atoms with Crippen molar-refractivity contribution in [1.82, 2.24) is 4.90 Å².